The smallest absolute Gasteiger partial charge is 0.408 e. The Morgan fingerprint density at radius 1 is 1.26 bits per heavy atom. The van der Waals surface area contributed by atoms with E-state index in [-0.39, 0.29) is 11.6 Å². The highest BCUT2D eigenvalue weighted by Crippen LogP contribution is 2.23. The van der Waals surface area contributed by atoms with Gasteiger partial charge in [-0.05, 0) is 39.2 Å². The number of nitrogens with zero attached hydrogens (tertiary/aromatic N) is 1. The normalized spacial score (nSPS) is 18.4. The van der Waals surface area contributed by atoms with Crippen LogP contribution < -0.4 is 11.1 Å². The molecule has 1 heterocycles. The third-order valence-electron chi connectivity index (χ3n) is 4.22. The molecule has 1 aromatic carbocycles. The highest BCUT2D eigenvalue weighted by Gasteiger charge is 2.36. The molecule has 0 spiro atoms. The Kier molecular flexibility index (Phi) is 5.65. The van der Waals surface area contributed by atoms with Crippen LogP contribution in [0, 0.1) is 0 Å². The third kappa shape index (κ3) is 5.52. The number of hydrogen-bond donors (Lipinski definition) is 2. The number of alkyl carbamates (subject to hydrolysis) is 1. The lowest BCUT2D eigenvalue weighted by molar-refractivity contribution is 0.0389. The van der Waals surface area contributed by atoms with Crippen LogP contribution >= 0.6 is 0 Å². The Balaban J connectivity index is 1.88. The second kappa shape index (κ2) is 7.32. The number of carbonyl (C=O) groups excluding carboxylic acids is 1. The number of likely N-dealkylation sites (tertiary alicyclic amines) is 1. The van der Waals surface area contributed by atoms with Crippen LogP contribution in [0.3, 0.4) is 0 Å². The number of benzene rings is 1. The van der Waals surface area contributed by atoms with Gasteiger partial charge in [-0.25, -0.2) is 4.79 Å². The Hall–Kier alpha value is -1.59. The molecule has 5 heteroatoms. The van der Waals surface area contributed by atoms with Crippen LogP contribution in [0.5, 0.6) is 0 Å². The van der Waals surface area contributed by atoms with Gasteiger partial charge < -0.3 is 15.8 Å². The lowest BCUT2D eigenvalue weighted by Crippen LogP contribution is -2.59. The first-order chi connectivity index (χ1) is 10.8. The van der Waals surface area contributed by atoms with Gasteiger partial charge >= 0.3 is 6.09 Å². The maximum Gasteiger partial charge on any atom is 0.408 e. The second-order valence-electron chi connectivity index (χ2n) is 7.37. The quantitative estimate of drug-likeness (QED) is 0.895. The van der Waals surface area contributed by atoms with Crippen molar-refractivity contribution in [3.8, 4) is 0 Å². The molecule has 0 aliphatic carbocycles. The summed E-state index contributed by atoms with van der Waals surface area (Å²) in [7, 11) is 0. The predicted molar refractivity (Wildman–Crippen MR) is 92.1 cm³/mol. The molecule has 1 aliphatic heterocycles. The minimum absolute atomic E-state index is 0.352. The van der Waals surface area contributed by atoms with Crippen LogP contribution in [0.4, 0.5) is 4.79 Å². The molecule has 23 heavy (non-hydrogen) atoms. The summed E-state index contributed by atoms with van der Waals surface area (Å²) in [5.41, 5.74) is 6.43. The summed E-state index contributed by atoms with van der Waals surface area (Å²) in [5.74, 6) is 0. The summed E-state index contributed by atoms with van der Waals surface area (Å²) in [6.07, 6.45) is 1.31. The van der Waals surface area contributed by atoms with Crippen molar-refractivity contribution in [2.75, 3.05) is 19.6 Å². The first-order valence-corrected chi connectivity index (χ1v) is 8.29. The van der Waals surface area contributed by atoms with Gasteiger partial charge in [-0.3, -0.25) is 4.90 Å². The van der Waals surface area contributed by atoms with E-state index in [4.69, 9.17) is 10.5 Å². The fraction of sp³-hybridized carbons (Fsp3) is 0.611. The van der Waals surface area contributed by atoms with Gasteiger partial charge in [-0.2, -0.15) is 0 Å². The number of piperidine rings is 1. The van der Waals surface area contributed by atoms with E-state index < -0.39 is 5.60 Å². The maximum atomic E-state index is 12.1. The molecule has 0 saturated carbocycles. The Bertz CT molecular complexity index is 503. The summed E-state index contributed by atoms with van der Waals surface area (Å²) in [5, 5.41) is 3.01. The zero-order chi connectivity index (χ0) is 16.9. The fourth-order valence-corrected chi connectivity index (χ4v) is 2.88. The molecule has 0 radical (unpaired) electrons. The van der Waals surface area contributed by atoms with Crippen molar-refractivity contribution in [1.82, 2.24) is 10.2 Å². The van der Waals surface area contributed by atoms with E-state index in [1.807, 2.05) is 26.8 Å². The number of hydrogen-bond acceptors (Lipinski definition) is 4. The number of nitrogens with one attached hydrogen (secondary N) is 1. The predicted octanol–water partition coefficient (Wildman–Crippen LogP) is 2.50. The van der Waals surface area contributed by atoms with Crippen LogP contribution in [0.2, 0.25) is 0 Å². The van der Waals surface area contributed by atoms with E-state index in [0.29, 0.717) is 6.54 Å². The van der Waals surface area contributed by atoms with Crippen LogP contribution in [0.1, 0.15) is 39.2 Å². The largest absolute Gasteiger partial charge is 0.444 e. The van der Waals surface area contributed by atoms with Gasteiger partial charge in [0.1, 0.15) is 5.60 Å². The fourth-order valence-electron chi connectivity index (χ4n) is 2.88. The number of ether oxygens (including phenoxy) is 1. The van der Waals surface area contributed by atoms with Crippen LogP contribution in [-0.2, 0) is 11.3 Å². The zero-order valence-electron chi connectivity index (χ0n) is 14.5. The summed E-state index contributed by atoms with van der Waals surface area (Å²) in [6.45, 7) is 8.81. The van der Waals surface area contributed by atoms with Crippen molar-refractivity contribution in [3.63, 3.8) is 0 Å². The Labute approximate surface area is 139 Å². The van der Waals surface area contributed by atoms with Crippen molar-refractivity contribution in [2.45, 2.75) is 51.3 Å². The SMILES string of the molecule is CC(C)(C)OC(=O)NC1(CN)CCN(Cc2ccccc2)CC1. The average molecular weight is 319 g/mol. The van der Waals surface area contributed by atoms with Crippen molar-refractivity contribution in [2.24, 2.45) is 5.73 Å². The molecule has 1 aliphatic rings. The Morgan fingerprint density at radius 2 is 1.87 bits per heavy atom. The average Bonchev–Trinajstić information content (AvgIpc) is 2.48. The number of carbonyl (C=O) groups is 1. The van der Waals surface area contributed by atoms with E-state index in [1.54, 1.807) is 0 Å². The lowest BCUT2D eigenvalue weighted by Gasteiger charge is -2.41. The molecule has 0 unspecified atom stereocenters. The molecular formula is C18H29N3O2. The molecule has 3 N–H and O–H groups in total. The number of amides is 1. The maximum absolute atomic E-state index is 12.1. The van der Waals surface area contributed by atoms with Crippen molar-refractivity contribution in [1.29, 1.82) is 0 Å². The second-order valence-corrected chi connectivity index (χ2v) is 7.37. The van der Waals surface area contributed by atoms with E-state index in [9.17, 15) is 4.79 Å². The van der Waals surface area contributed by atoms with Crippen LogP contribution in [-0.4, -0.2) is 41.8 Å². The molecule has 2 rings (SSSR count). The van der Waals surface area contributed by atoms with E-state index in [2.05, 4.69) is 34.5 Å². The van der Waals surface area contributed by atoms with Crippen molar-refractivity contribution in [3.05, 3.63) is 35.9 Å². The van der Waals surface area contributed by atoms with Crippen molar-refractivity contribution < 1.29 is 9.53 Å². The molecular weight excluding hydrogens is 290 g/mol. The van der Waals surface area contributed by atoms with E-state index >= 15 is 0 Å². The van der Waals surface area contributed by atoms with Gasteiger partial charge in [0.25, 0.3) is 0 Å². The number of rotatable bonds is 4. The van der Waals surface area contributed by atoms with E-state index in [0.717, 1.165) is 32.5 Å². The van der Waals surface area contributed by atoms with Gasteiger partial charge in [-0.1, -0.05) is 30.3 Å². The zero-order valence-corrected chi connectivity index (χ0v) is 14.5. The molecule has 1 aromatic rings. The minimum Gasteiger partial charge on any atom is -0.444 e. The molecule has 0 bridgehead atoms. The number of nitrogens with two attached hydrogens (primary N) is 1. The van der Waals surface area contributed by atoms with Gasteiger partial charge in [0.15, 0.2) is 0 Å². The van der Waals surface area contributed by atoms with Crippen LogP contribution in [0.25, 0.3) is 0 Å². The van der Waals surface area contributed by atoms with Gasteiger partial charge in [0, 0.05) is 26.2 Å². The standard InChI is InChI=1S/C18H29N3O2/c1-17(2,3)23-16(22)20-18(14-19)9-11-21(12-10-18)13-15-7-5-4-6-8-15/h4-8H,9-14,19H2,1-3H3,(H,20,22). The van der Waals surface area contributed by atoms with E-state index in [1.165, 1.54) is 5.56 Å². The molecule has 5 nitrogen and oxygen atoms in total. The highest BCUT2D eigenvalue weighted by atomic mass is 16.6. The van der Waals surface area contributed by atoms with Gasteiger partial charge in [0.05, 0.1) is 5.54 Å². The monoisotopic (exact) mass is 319 g/mol. The topological polar surface area (TPSA) is 67.6 Å². The summed E-state index contributed by atoms with van der Waals surface area (Å²) in [6, 6.07) is 10.4. The molecule has 0 aromatic heterocycles. The Morgan fingerprint density at radius 3 is 2.39 bits per heavy atom. The first kappa shape index (κ1) is 17.8. The highest BCUT2D eigenvalue weighted by molar-refractivity contribution is 5.68. The molecule has 1 fully saturated rings. The summed E-state index contributed by atoms with van der Waals surface area (Å²) >= 11 is 0. The molecule has 128 valence electrons. The van der Waals surface area contributed by atoms with Gasteiger partial charge in [0.2, 0.25) is 0 Å². The third-order valence-corrected chi connectivity index (χ3v) is 4.22. The first-order valence-electron chi connectivity index (χ1n) is 8.29. The van der Waals surface area contributed by atoms with Gasteiger partial charge in [-0.15, -0.1) is 0 Å². The van der Waals surface area contributed by atoms with Crippen molar-refractivity contribution >= 4 is 6.09 Å². The lowest BCUT2D eigenvalue weighted by atomic mass is 9.87. The molecule has 0 atom stereocenters. The summed E-state index contributed by atoms with van der Waals surface area (Å²) in [4.78, 5) is 14.5. The summed E-state index contributed by atoms with van der Waals surface area (Å²) < 4.78 is 5.37. The molecule has 1 saturated heterocycles. The van der Waals surface area contributed by atoms with Crippen LogP contribution in [0.15, 0.2) is 30.3 Å². The minimum atomic E-state index is -0.492. The molecule has 1 amide bonds.